The van der Waals surface area contributed by atoms with Gasteiger partial charge in [-0.25, -0.2) is 0 Å². The van der Waals surface area contributed by atoms with Gasteiger partial charge in [-0.2, -0.15) is 0 Å². The predicted octanol–water partition coefficient (Wildman–Crippen LogP) is 2.31. The summed E-state index contributed by atoms with van der Waals surface area (Å²) in [4.78, 5) is 16.7. The maximum atomic E-state index is 11.7. The summed E-state index contributed by atoms with van der Waals surface area (Å²) >= 11 is 1.68. The Morgan fingerprint density at radius 1 is 1.26 bits per heavy atom. The van der Waals surface area contributed by atoms with Crippen molar-refractivity contribution in [1.29, 1.82) is 0 Å². The summed E-state index contributed by atoms with van der Waals surface area (Å²) in [5.41, 5.74) is 0.365. The quantitative estimate of drug-likeness (QED) is 0.649. The van der Waals surface area contributed by atoms with Crippen LogP contribution >= 0.6 is 11.8 Å². The number of nitrogens with one attached hydrogen (secondary N) is 1. The molecule has 4 nitrogen and oxygen atoms in total. The van der Waals surface area contributed by atoms with Crippen LogP contribution in [0.25, 0.3) is 0 Å². The second-order valence-electron chi connectivity index (χ2n) is 3.85. The summed E-state index contributed by atoms with van der Waals surface area (Å²) < 4.78 is 0. The lowest BCUT2D eigenvalue weighted by molar-refractivity contribution is 0.0955. The maximum absolute atomic E-state index is 11.7. The summed E-state index contributed by atoms with van der Waals surface area (Å²) in [7, 11) is 0. The molecule has 5 heteroatoms. The van der Waals surface area contributed by atoms with Gasteiger partial charge in [0.25, 0.3) is 5.91 Å². The topological polar surface area (TPSA) is 62.2 Å². The Kier molecular flexibility index (Phi) is 4.80. The Morgan fingerprint density at radius 2 is 2.05 bits per heavy atom. The predicted molar refractivity (Wildman–Crippen MR) is 75.4 cm³/mol. The van der Waals surface area contributed by atoms with E-state index in [1.807, 2.05) is 30.3 Å². The third-order valence-corrected chi connectivity index (χ3v) is 3.40. The van der Waals surface area contributed by atoms with Gasteiger partial charge in [-0.15, -0.1) is 11.8 Å². The zero-order chi connectivity index (χ0) is 13.5. The van der Waals surface area contributed by atoms with Gasteiger partial charge >= 0.3 is 0 Å². The fourth-order valence-electron chi connectivity index (χ4n) is 1.50. The Hall–Kier alpha value is -2.01. The molecule has 98 valence electrons. The molecule has 0 fully saturated rings. The number of rotatable bonds is 5. The average molecular weight is 274 g/mol. The summed E-state index contributed by atoms with van der Waals surface area (Å²) in [6, 6.07) is 11.4. The van der Waals surface area contributed by atoms with Crippen molar-refractivity contribution in [2.45, 2.75) is 4.90 Å². The molecule has 0 saturated heterocycles. The molecule has 2 rings (SSSR count). The van der Waals surface area contributed by atoms with Crippen LogP contribution < -0.4 is 5.32 Å². The molecule has 0 aliphatic rings. The summed E-state index contributed by atoms with van der Waals surface area (Å²) in [5, 5.41) is 12.0. The van der Waals surface area contributed by atoms with Crippen LogP contribution in [-0.4, -0.2) is 28.3 Å². The Bertz CT molecular complexity index is 546. The van der Waals surface area contributed by atoms with Crippen molar-refractivity contribution in [3.8, 4) is 5.75 Å². The summed E-state index contributed by atoms with van der Waals surface area (Å²) in [6.07, 6.45) is 2.72. The first kappa shape index (κ1) is 13.4. The van der Waals surface area contributed by atoms with E-state index in [1.54, 1.807) is 11.8 Å². The number of thioether (sulfide) groups is 1. The zero-order valence-corrected chi connectivity index (χ0v) is 11.1. The number of benzene rings is 1. The SMILES string of the molecule is O=C(NCCSc1ccccc1)c1cncc(O)c1. The fraction of sp³-hybridized carbons (Fsp3) is 0.143. The van der Waals surface area contributed by atoms with Crippen molar-refractivity contribution >= 4 is 17.7 Å². The molecule has 0 radical (unpaired) electrons. The molecule has 0 aliphatic heterocycles. The molecule has 0 spiro atoms. The van der Waals surface area contributed by atoms with Gasteiger partial charge in [0.15, 0.2) is 0 Å². The number of aromatic nitrogens is 1. The Labute approximate surface area is 115 Å². The first-order valence-electron chi connectivity index (χ1n) is 5.86. The highest BCUT2D eigenvalue weighted by Gasteiger charge is 2.05. The van der Waals surface area contributed by atoms with E-state index in [0.717, 1.165) is 5.75 Å². The number of hydrogen-bond acceptors (Lipinski definition) is 4. The minimum atomic E-state index is -0.225. The number of carbonyl (C=O) groups excluding carboxylic acids is 1. The van der Waals surface area contributed by atoms with Gasteiger partial charge in [-0.3, -0.25) is 9.78 Å². The average Bonchev–Trinajstić information content (AvgIpc) is 2.44. The first-order chi connectivity index (χ1) is 9.25. The summed E-state index contributed by atoms with van der Waals surface area (Å²) in [6.45, 7) is 0.564. The number of hydrogen-bond donors (Lipinski definition) is 2. The molecule has 0 unspecified atom stereocenters. The molecule has 0 aliphatic carbocycles. The monoisotopic (exact) mass is 274 g/mol. The van der Waals surface area contributed by atoms with Crippen LogP contribution in [0.2, 0.25) is 0 Å². The van der Waals surface area contributed by atoms with E-state index in [4.69, 9.17) is 0 Å². The first-order valence-corrected chi connectivity index (χ1v) is 6.84. The third kappa shape index (κ3) is 4.30. The van der Waals surface area contributed by atoms with Crippen LogP contribution in [0.3, 0.4) is 0 Å². The van der Waals surface area contributed by atoms with Gasteiger partial charge in [-0.1, -0.05) is 18.2 Å². The van der Waals surface area contributed by atoms with Crippen LogP contribution in [0.15, 0.2) is 53.7 Å². The molecule has 2 N–H and O–H groups in total. The van der Waals surface area contributed by atoms with Crippen LogP contribution in [0, 0.1) is 0 Å². The van der Waals surface area contributed by atoms with Crippen molar-refractivity contribution in [2.75, 3.05) is 12.3 Å². The molecule has 1 aromatic carbocycles. The number of carbonyl (C=O) groups is 1. The van der Waals surface area contributed by atoms with Crippen LogP contribution in [0.5, 0.6) is 5.75 Å². The van der Waals surface area contributed by atoms with Crippen LogP contribution in [0.4, 0.5) is 0 Å². The lowest BCUT2D eigenvalue weighted by Crippen LogP contribution is -2.25. The second kappa shape index (κ2) is 6.80. The van der Waals surface area contributed by atoms with E-state index in [-0.39, 0.29) is 11.7 Å². The maximum Gasteiger partial charge on any atom is 0.253 e. The van der Waals surface area contributed by atoms with Crippen molar-refractivity contribution in [2.24, 2.45) is 0 Å². The van der Waals surface area contributed by atoms with Crippen LogP contribution in [-0.2, 0) is 0 Å². The van der Waals surface area contributed by atoms with E-state index in [9.17, 15) is 9.90 Å². The lowest BCUT2D eigenvalue weighted by Gasteiger charge is -2.05. The molecule has 19 heavy (non-hydrogen) atoms. The van der Waals surface area contributed by atoms with Crippen molar-refractivity contribution < 1.29 is 9.90 Å². The minimum Gasteiger partial charge on any atom is -0.506 e. The van der Waals surface area contributed by atoms with Gasteiger partial charge in [-0.05, 0) is 18.2 Å². The number of aromatic hydroxyl groups is 1. The van der Waals surface area contributed by atoms with Crippen molar-refractivity contribution in [3.63, 3.8) is 0 Å². The smallest absolute Gasteiger partial charge is 0.253 e. The van der Waals surface area contributed by atoms with E-state index >= 15 is 0 Å². The largest absolute Gasteiger partial charge is 0.506 e. The highest BCUT2D eigenvalue weighted by atomic mass is 32.2. The molecule has 0 atom stereocenters. The van der Waals surface area contributed by atoms with E-state index < -0.39 is 0 Å². The minimum absolute atomic E-state index is 0.00805. The van der Waals surface area contributed by atoms with Crippen molar-refractivity contribution in [3.05, 3.63) is 54.4 Å². The van der Waals surface area contributed by atoms with Crippen molar-refractivity contribution in [1.82, 2.24) is 10.3 Å². The lowest BCUT2D eigenvalue weighted by atomic mass is 10.2. The van der Waals surface area contributed by atoms with Gasteiger partial charge in [0, 0.05) is 23.4 Å². The Balaban J connectivity index is 1.75. The van der Waals surface area contributed by atoms with Gasteiger partial charge in [0.05, 0.1) is 11.8 Å². The van der Waals surface area contributed by atoms with Crippen LogP contribution in [0.1, 0.15) is 10.4 Å². The molecule has 0 saturated carbocycles. The zero-order valence-electron chi connectivity index (χ0n) is 10.2. The number of pyridine rings is 1. The molecule has 0 bridgehead atoms. The third-order valence-electron chi connectivity index (χ3n) is 2.39. The van der Waals surface area contributed by atoms with E-state index in [2.05, 4.69) is 10.3 Å². The Morgan fingerprint density at radius 3 is 2.79 bits per heavy atom. The second-order valence-corrected chi connectivity index (χ2v) is 5.02. The molecule has 1 aromatic heterocycles. The highest BCUT2D eigenvalue weighted by Crippen LogP contribution is 2.15. The number of nitrogens with zero attached hydrogens (tertiary/aromatic N) is 1. The van der Waals surface area contributed by atoms with Gasteiger partial charge in [0.1, 0.15) is 5.75 Å². The molecule has 2 aromatic rings. The van der Waals surface area contributed by atoms with E-state index in [0.29, 0.717) is 12.1 Å². The molecule has 1 heterocycles. The van der Waals surface area contributed by atoms with Gasteiger partial charge in [0.2, 0.25) is 0 Å². The fourth-order valence-corrected chi connectivity index (χ4v) is 2.29. The number of amides is 1. The molecular weight excluding hydrogens is 260 g/mol. The molecular formula is C14H14N2O2S. The molecule has 1 amide bonds. The summed E-state index contributed by atoms with van der Waals surface area (Å²) in [5.74, 6) is 0.561. The van der Waals surface area contributed by atoms with Gasteiger partial charge < -0.3 is 10.4 Å². The standard InChI is InChI=1S/C14H14N2O2S/c17-12-8-11(9-15-10-12)14(18)16-6-7-19-13-4-2-1-3-5-13/h1-5,8-10,17H,6-7H2,(H,16,18). The van der Waals surface area contributed by atoms with E-state index in [1.165, 1.54) is 23.4 Å². The highest BCUT2D eigenvalue weighted by molar-refractivity contribution is 7.99. The normalized spacial score (nSPS) is 10.1.